The quantitative estimate of drug-likeness (QED) is 0.574. The predicted octanol–water partition coefficient (Wildman–Crippen LogP) is 5.97. The van der Waals surface area contributed by atoms with E-state index in [-0.39, 0.29) is 18.3 Å². The standard InChI is InChI=1S/C25H25FO/c1-18-6-7-22(14-19(18)2)15-24(23-4-3-5-25(26)16-23)13-12-20-8-10-21(17-27)11-9-20/h3-14,16,24,27H,15,17H2,1-2H3. The van der Waals surface area contributed by atoms with Crippen LogP contribution in [-0.4, -0.2) is 5.11 Å². The Morgan fingerprint density at radius 2 is 1.63 bits per heavy atom. The molecule has 0 aromatic heterocycles. The molecular formula is C25H25FO. The second-order valence-corrected chi connectivity index (χ2v) is 7.04. The summed E-state index contributed by atoms with van der Waals surface area (Å²) in [6.45, 7) is 4.27. The van der Waals surface area contributed by atoms with E-state index in [0.717, 1.165) is 23.1 Å². The fourth-order valence-corrected chi connectivity index (χ4v) is 3.18. The molecule has 27 heavy (non-hydrogen) atoms. The number of allylic oxidation sites excluding steroid dienone is 1. The molecule has 0 spiro atoms. The molecule has 1 atom stereocenters. The van der Waals surface area contributed by atoms with Crippen molar-refractivity contribution in [3.63, 3.8) is 0 Å². The molecule has 0 saturated carbocycles. The van der Waals surface area contributed by atoms with Gasteiger partial charge in [0.25, 0.3) is 0 Å². The van der Waals surface area contributed by atoms with Gasteiger partial charge in [-0.15, -0.1) is 0 Å². The summed E-state index contributed by atoms with van der Waals surface area (Å²) >= 11 is 0. The number of aryl methyl sites for hydroxylation is 2. The molecule has 0 fully saturated rings. The topological polar surface area (TPSA) is 20.2 Å². The lowest BCUT2D eigenvalue weighted by atomic mass is 9.90. The molecule has 1 N–H and O–H groups in total. The lowest BCUT2D eigenvalue weighted by Crippen LogP contribution is -2.01. The minimum atomic E-state index is -0.210. The number of hydrogen-bond donors (Lipinski definition) is 1. The van der Waals surface area contributed by atoms with Gasteiger partial charge in [-0.1, -0.05) is 66.7 Å². The van der Waals surface area contributed by atoms with Gasteiger partial charge in [0.1, 0.15) is 5.82 Å². The Hall–Kier alpha value is -2.71. The zero-order chi connectivity index (χ0) is 19.2. The number of rotatable bonds is 6. The largest absolute Gasteiger partial charge is 0.392 e. The molecule has 0 aliphatic rings. The second kappa shape index (κ2) is 8.79. The molecule has 0 radical (unpaired) electrons. The second-order valence-electron chi connectivity index (χ2n) is 7.04. The van der Waals surface area contributed by atoms with Gasteiger partial charge in [0.05, 0.1) is 6.61 Å². The van der Waals surface area contributed by atoms with E-state index in [1.807, 2.05) is 30.3 Å². The van der Waals surface area contributed by atoms with Crippen LogP contribution in [0.5, 0.6) is 0 Å². The first-order valence-electron chi connectivity index (χ1n) is 9.25. The first-order chi connectivity index (χ1) is 13.0. The van der Waals surface area contributed by atoms with Crippen LogP contribution in [-0.2, 0) is 13.0 Å². The summed E-state index contributed by atoms with van der Waals surface area (Å²) in [5, 5.41) is 9.17. The van der Waals surface area contributed by atoms with Crippen LogP contribution in [0.2, 0.25) is 0 Å². The average Bonchev–Trinajstić information content (AvgIpc) is 2.68. The van der Waals surface area contributed by atoms with Crippen LogP contribution >= 0.6 is 0 Å². The van der Waals surface area contributed by atoms with Crippen molar-refractivity contribution in [3.05, 3.63) is 112 Å². The molecule has 3 aromatic carbocycles. The van der Waals surface area contributed by atoms with Gasteiger partial charge in [-0.2, -0.15) is 0 Å². The highest BCUT2D eigenvalue weighted by Crippen LogP contribution is 2.25. The molecule has 0 bridgehead atoms. The molecule has 1 unspecified atom stereocenters. The summed E-state index contributed by atoms with van der Waals surface area (Å²) in [6.07, 6.45) is 5.02. The molecular weight excluding hydrogens is 335 g/mol. The molecule has 3 aromatic rings. The van der Waals surface area contributed by atoms with Crippen molar-refractivity contribution >= 4 is 6.08 Å². The van der Waals surface area contributed by atoms with E-state index >= 15 is 0 Å². The Morgan fingerprint density at radius 1 is 0.889 bits per heavy atom. The molecule has 0 aliphatic carbocycles. The minimum absolute atomic E-state index is 0.0443. The molecule has 0 saturated heterocycles. The fraction of sp³-hybridized carbons (Fsp3) is 0.200. The van der Waals surface area contributed by atoms with Crippen molar-refractivity contribution in [3.8, 4) is 0 Å². The van der Waals surface area contributed by atoms with Gasteiger partial charge in [0, 0.05) is 5.92 Å². The van der Waals surface area contributed by atoms with Gasteiger partial charge >= 0.3 is 0 Å². The Bertz CT molecular complexity index is 925. The summed E-state index contributed by atoms with van der Waals surface area (Å²) in [6, 6.07) is 21.2. The number of benzene rings is 3. The number of aliphatic hydroxyl groups excluding tert-OH is 1. The maximum atomic E-state index is 13.8. The third-order valence-corrected chi connectivity index (χ3v) is 4.99. The van der Waals surface area contributed by atoms with Gasteiger partial charge < -0.3 is 5.11 Å². The van der Waals surface area contributed by atoms with E-state index in [1.165, 1.54) is 22.8 Å². The van der Waals surface area contributed by atoms with Crippen LogP contribution in [0.25, 0.3) is 6.08 Å². The van der Waals surface area contributed by atoms with Crippen molar-refractivity contribution in [1.29, 1.82) is 0 Å². The van der Waals surface area contributed by atoms with E-state index in [9.17, 15) is 9.50 Å². The summed E-state index contributed by atoms with van der Waals surface area (Å²) in [4.78, 5) is 0. The van der Waals surface area contributed by atoms with E-state index in [1.54, 1.807) is 12.1 Å². The van der Waals surface area contributed by atoms with Gasteiger partial charge in [0.2, 0.25) is 0 Å². The summed E-state index contributed by atoms with van der Waals surface area (Å²) < 4.78 is 13.8. The fourth-order valence-electron chi connectivity index (χ4n) is 3.18. The van der Waals surface area contributed by atoms with Crippen LogP contribution < -0.4 is 0 Å². The monoisotopic (exact) mass is 360 g/mol. The number of halogens is 1. The third-order valence-electron chi connectivity index (χ3n) is 4.99. The van der Waals surface area contributed by atoms with Crippen molar-refractivity contribution in [2.24, 2.45) is 0 Å². The zero-order valence-electron chi connectivity index (χ0n) is 15.8. The Balaban J connectivity index is 1.88. The molecule has 0 heterocycles. The summed E-state index contributed by atoms with van der Waals surface area (Å²) in [5.74, 6) is -0.126. The molecule has 2 heteroatoms. The molecule has 0 aliphatic heterocycles. The Kier molecular flexibility index (Phi) is 6.20. The van der Waals surface area contributed by atoms with E-state index in [4.69, 9.17) is 0 Å². The molecule has 3 rings (SSSR count). The number of aliphatic hydroxyl groups is 1. The van der Waals surface area contributed by atoms with E-state index in [0.29, 0.717) is 0 Å². The average molecular weight is 360 g/mol. The zero-order valence-corrected chi connectivity index (χ0v) is 15.8. The van der Waals surface area contributed by atoms with Gasteiger partial charge in [-0.3, -0.25) is 0 Å². The molecule has 1 nitrogen and oxygen atoms in total. The predicted molar refractivity (Wildman–Crippen MR) is 110 cm³/mol. The SMILES string of the molecule is Cc1ccc(CC(C=Cc2ccc(CO)cc2)c2cccc(F)c2)cc1C. The van der Waals surface area contributed by atoms with Crippen LogP contribution in [0, 0.1) is 19.7 Å². The van der Waals surface area contributed by atoms with Gasteiger partial charge in [0.15, 0.2) is 0 Å². The first-order valence-corrected chi connectivity index (χ1v) is 9.25. The third kappa shape index (κ3) is 5.15. The Morgan fingerprint density at radius 3 is 2.30 bits per heavy atom. The van der Waals surface area contributed by atoms with Crippen molar-refractivity contribution in [1.82, 2.24) is 0 Å². The molecule has 138 valence electrons. The normalized spacial score (nSPS) is 12.4. The van der Waals surface area contributed by atoms with Crippen LogP contribution in [0.3, 0.4) is 0 Å². The first kappa shape index (κ1) is 19.1. The lowest BCUT2D eigenvalue weighted by Gasteiger charge is -2.15. The molecule has 0 amide bonds. The van der Waals surface area contributed by atoms with Crippen molar-refractivity contribution in [2.45, 2.75) is 32.8 Å². The summed E-state index contributed by atoms with van der Waals surface area (Å²) in [7, 11) is 0. The summed E-state index contributed by atoms with van der Waals surface area (Å²) in [5.41, 5.74) is 6.72. The lowest BCUT2D eigenvalue weighted by molar-refractivity contribution is 0.282. The minimum Gasteiger partial charge on any atom is -0.392 e. The van der Waals surface area contributed by atoms with Crippen molar-refractivity contribution < 1.29 is 9.50 Å². The van der Waals surface area contributed by atoms with Gasteiger partial charge in [-0.25, -0.2) is 4.39 Å². The highest BCUT2D eigenvalue weighted by Gasteiger charge is 2.11. The maximum Gasteiger partial charge on any atom is 0.123 e. The highest BCUT2D eigenvalue weighted by atomic mass is 19.1. The van der Waals surface area contributed by atoms with Crippen LogP contribution in [0.15, 0.2) is 72.8 Å². The van der Waals surface area contributed by atoms with Crippen LogP contribution in [0.1, 0.15) is 39.3 Å². The maximum absolute atomic E-state index is 13.8. The highest BCUT2D eigenvalue weighted by molar-refractivity contribution is 5.51. The smallest absolute Gasteiger partial charge is 0.123 e. The van der Waals surface area contributed by atoms with E-state index < -0.39 is 0 Å². The van der Waals surface area contributed by atoms with E-state index in [2.05, 4.69) is 44.2 Å². The van der Waals surface area contributed by atoms with Crippen molar-refractivity contribution in [2.75, 3.05) is 0 Å². The van der Waals surface area contributed by atoms with Crippen LogP contribution in [0.4, 0.5) is 4.39 Å². The van der Waals surface area contributed by atoms with Gasteiger partial charge in [-0.05, 0) is 65.8 Å². The Labute approximate surface area is 160 Å². The number of hydrogen-bond acceptors (Lipinski definition) is 1.